The Hall–Kier alpha value is -4.50. The maximum absolute atomic E-state index is 14.1. The van der Waals surface area contributed by atoms with Gasteiger partial charge in [-0.25, -0.2) is 4.98 Å². The minimum atomic E-state index is -4.83. The summed E-state index contributed by atoms with van der Waals surface area (Å²) in [7, 11) is -0.915. The Morgan fingerprint density at radius 2 is 1.89 bits per heavy atom. The molecule has 2 aromatic heterocycles. The van der Waals surface area contributed by atoms with Crippen LogP contribution in [0.2, 0.25) is 0 Å². The van der Waals surface area contributed by atoms with Crippen molar-refractivity contribution in [1.29, 1.82) is 0 Å². The molecule has 5 rings (SSSR count). The number of benzene rings is 2. The van der Waals surface area contributed by atoms with Gasteiger partial charge < -0.3 is 34.8 Å². The fourth-order valence-corrected chi connectivity index (χ4v) is 6.35. The van der Waals surface area contributed by atoms with Gasteiger partial charge in [-0.15, -0.1) is 0 Å². The molecule has 250 valence electrons. The van der Waals surface area contributed by atoms with Crippen LogP contribution in [0.3, 0.4) is 0 Å². The lowest BCUT2D eigenvalue weighted by atomic mass is 9.97. The Morgan fingerprint density at radius 3 is 2.60 bits per heavy atom. The van der Waals surface area contributed by atoms with E-state index >= 15 is 0 Å². The van der Waals surface area contributed by atoms with Crippen molar-refractivity contribution >= 4 is 36.6 Å². The molecule has 3 heterocycles. The lowest BCUT2D eigenvalue weighted by Crippen LogP contribution is -2.18. The number of aryl methyl sites for hydroxylation is 1. The van der Waals surface area contributed by atoms with Crippen molar-refractivity contribution in [2.24, 2.45) is 0 Å². The number of nitrogens with zero attached hydrogens (tertiary/aromatic N) is 5. The molecule has 0 saturated heterocycles. The second kappa shape index (κ2) is 13.7. The van der Waals surface area contributed by atoms with Crippen LogP contribution in [0, 0.1) is 0 Å². The number of fused-ring (bicyclic) bond motifs is 1. The number of amides is 1. The van der Waals surface area contributed by atoms with E-state index in [1.54, 1.807) is 43.2 Å². The Balaban J connectivity index is 1.48. The average molecular weight is 676 g/mol. The fraction of sp³-hybridized carbons (Fsp3) is 0.333. The molecule has 17 heteroatoms. The van der Waals surface area contributed by atoms with Crippen LogP contribution in [0.4, 0.5) is 36.3 Å². The van der Waals surface area contributed by atoms with Gasteiger partial charge in [0.15, 0.2) is 0 Å². The van der Waals surface area contributed by atoms with Gasteiger partial charge in [0.25, 0.3) is 5.91 Å². The topological polar surface area (TPSA) is 164 Å². The van der Waals surface area contributed by atoms with Crippen molar-refractivity contribution < 1.29 is 41.8 Å². The summed E-state index contributed by atoms with van der Waals surface area (Å²) >= 11 is 0. The first kappa shape index (κ1) is 33.9. The predicted molar refractivity (Wildman–Crippen MR) is 167 cm³/mol. The molecule has 0 bridgehead atoms. The normalized spacial score (nSPS) is 14.2. The second-order valence-electron chi connectivity index (χ2n) is 10.7. The number of carbonyl (C=O) groups is 1. The Bertz CT molecular complexity index is 1830. The summed E-state index contributed by atoms with van der Waals surface area (Å²) < 4.78 is 66.6. The van der Waals surface area contributed by atoms with Crippen LogP contribution in [-0.2, 0) is 34.5 Å². The van der Waals surface area contributed by atoms with Gasteiger partial charge in [0, 0.05) is 44.7 Å². The number of aliphatic hydroxyl groups excluding tert-OH is 1. The predicted octanol–water partition coefficient (Wildman–Crippen LogP) is 5.54. The number of aliphatic hydroxyl groups is 1. The van der Waals surface area contributed by atoms with Crippen LogP contribution in [-0.4, -0.2) is 67.9 Å². The molecule has 1 unspecified atom stereocenters. The SMILES string of the molecule is CCOP(=O)(O)Cc1ccc(Nc2ncc(C(F)(F)F)c(Nc3ccc(-c4cnn(CCCO)c4)c4c3C(=O)N(C)C4)n2)c(OC)c1. The first-order chi connectivity index (χ1) is 22.3. The van der Waals surface area contributed by atoms with Gasteiger partial charge in [-0.1, -0.05) is 12.1 Å². The monoisotopic (exact) mass is 675 g/mol. The van der Waals surface area contributed by atoms with Gasteiger partial charge in [-0.05, 0) is 48.2 Å². The number of ether oxygens (including phenoxy) is 1. The van der Waals surface area contributed by atoms with Gasteiger partial charge in [0.2, 0.25) is 5.95 Å². The number of anilines is 4. The van der Waals surface area contributed by atoms with Crippen molar-refractivity contribution in [3.8, 4) is 16.9 Å². The molecule has 2 aromatic carbocycles. The van der Waals surface area contributed by atoms with Crippen molar-refractivity contribution in [3.63, 3.8) is 0 Å². The molecular weight excluding hydrogens is 642 g/mol. The zero-order valence-electron chi connectivity index (χ0n) is 25.7. The summed E-state index contributed by atoms with van der Waals surface area (Å²) in [6.45, 7) is 2.39. The standard InChI is InChI=1S/C30H33F3N7O6P/c1-4-46-47(43,44)17-18-6-8-23(25(12-18)45-3)37-29-34-14-22(30(31,32)33)27(38-29)36-24-9-7-20(21-16-39(2)28(42)26(21)24)19-13-35-40(15-19)10-5-11-41/h6-9,12-15,41H,4-5,10-11,16-17H2,1-3H3,(H,43,44)(H2,34,36,37,38). The number of alkyl halides is 3. The third-order valence-corrected chi connectivity index (χ3v) is 8.76. The molecule has 0 aliphatic carbocycles. The van der Waals surface area contributed by atoms with Crippen molar-refractivity contribution in [3.05, 3.63) is 71.2 Å². The highest BCUT2D eigenvalue weighted by Crippen LogP contribution is 2.46. The van der Waals surface area contributed by atoms with Gasteiger partial charge in [0.05, 0.1) is 43.0 Å². The third kappa shape index (κ3) is 7.57. The smallest absolute Gasteiger partial charge is 0.421 e. The zero-order chi connectivity index (χ0) is 33.9. The molecule has 0 spiro atoms. The van der Waals surface area contributed by atoms with Crippen LogP contribution >= 0.6 is 7.60 Å². The van der Waals surface area contributed by atoms with Crippen LogP contribution in [0.15, 0.2) is 48.9 Å². The van der Waals surface area contributed by atoms with Gasteiger partial charge in [-0.3, -0.25) is 14.0 Å². The van der Waals surface area contributed by atoms with E-state index in [2.05, 4.69) is 25.7 Å². The second-order valence-corrected chi connectivity index (χ2v) is 12.5. The summed E-state index contributed by atoms with van der Waals surface area (Å²) in [5.41, 5.74) is 1.95. The van der Waals surface area contributed by atoms with Crippen LogP contribution in [0.25, 0.3) is 11.1 Å². The minimum Gasteiger partial charge on any atom is -0.495 e. The third-order valence-electron chi connectivity index (χ3n) is 7.33. The number of hydrogen-bond donors (Lipinski definition) is 4. The Kier molecular flexibility index (Phi) is 9.86. The van der Waals surface area contributed by atoms with Crippen LogP contribution in [0.5, 0.6) is 5.75 Å². The van der Waals surface area contributed by atoms with Gasteiger partial charge in [0.1, 0.15) is 17.1 Å². The van der Waals surface area contributed by atoms with Crippen LogP contribution in [0.1, 0.15) is 40.4 Å². The van der Waals surface area contributed by atoms with E-state index in [0.29, 0.717) is 35.9 Å². The molecule has 13 nitrogen and oxygen atoms in total. The van der Waals surface area contributed by atoms with Crippen molar-refractivity contribution in [2.75, 3.05) is 38.0 Å². The highest BCUT2D eigenvalue weighted by atomic mass is 31.2. The lowest BCUT2D eigenvalue weighted by Gasteiger charge is -2.18. The molecule has 0 radical (unpaired) electrons. The van der Waals surface area contributed by atoms with E-state index in [-0.39, 0.29) is 60.5 Å². The van der Waals surface area contributed by atoms with Gasteiger partial charge in [-0.2, -0.15) is 23.3 Å². The van der Waals surface area contributed by atoms with E-state index in [1.807, 2.05) is 0 Å². The largest absolute Gasteiger partial charge is 0.495 e. The molecule has 4 N–H and O–H groups in total. The fourth-order valence-electron chi connectivity index (χ4n) is 5.20. The molecule has 1 amide bonds. The maximum atomic E-state index is 14.1. The van der Waals surface area contributed by atoms with E-state index in [0.717, 1.165) is 5.56 Å². The number of aromatic nitrogens is 4. The number of hydrogen-bond acceptors (Lipinski definition) is 10. The minimum absolute atomic E-state index is 0.00792. The van der Waals surface area contributed by atoms with Crippen LogP contribution < -0.4 is 15.4 Å². The summed E-state index contributed by atoms with van der Waals surface area (Å²) in [6.07, 6.45) is -0.535. The molecular formula is C30H33F3N7O6P. The molecule has 1 atom stereocenters. The average Bonchev–Trinajstić information content (AvgIpc) is 3.60. The first-order valence-corrected chi connectivity index (χ1v) is 16.3. The number of methoxy groups -OCH3 is 1. The van der Waals surface area contributed by atoms with Crippen molar-refractivity contribution in [2.45, 2.75) is 38.8 Å². The molecule has 0 fully saturated rings. The Morgan fingerprint density at radius 1 is 1.13 bits per heavy atom. The summed E-state index contributed by atoms with van der Waals surface area (Å²) in [6, 6.07) is 7.78. The zero-order valence-corrected chi connectivity index (χ0v) is 26.6. The maximum Gasteiger partial charge on any atom is 0.421 e. The summed E-state index contributed by atoms with van der Waals surface area (Å²) in [5, 5.41) is 19.0. The molecule has 1 aliphatic heterocycles. The number of rotatable bonds is 13. The molecule has 4 aromatic rings. The number of nitrogens with one attached hydrogen (secondary N) is 2. The van der Waals surface area contributed by atoms with E-state index in [9.17, 15) is 27.4 Å². The number of halogens is 3. The molecule has 47 heavy (non-hydrogen) atoms. The highest BCUT2D eigenvalue weighted by Gasteiger charge is 2.37. The number of carbonyl (C=O) groups excluding carboxylic acids is 1. The lowest BCUT2D eigenvalue weighted by molar-refractivity contribution is -0.137. The molecule has 0 saturated carbocycles. The Labute approximate surface area is 267 Å². The van der Waals surface area contributed by atoms with E-state index < -0.39 is 25.2 Å². The van der Waals surface area contributed by atoms with Gasteiger partial charge >= 0.3 is 13.8 Å². The highest BCUT2D eigenvalue weighted by molar-refractivity contribution is 7.51. The summed E-state index contributed by atoms with van der Waals surface area (Å²) in [5.74, 6) is -0.948. The van der Waals surface area contributed by atoms with Crippen molar-refractivity contribution in [1.82, 2.24) is 24.6 Å². The molecule has 1 aliphatic rings. The quantitative estimate of drug-likeness (QED) is 0.132. The first-order valence-electron chi connectivity index (χ1n) is 14.5. The summed E-state index contributed by atoms with van der Waals surface area (Å²) in [4.78, 5) is 32.7. The van der Waals surface area contributed by atoms with E-state index in [4.69, 9.17) is 14.4 Å². The van der Waals surface area contributed by atoms with E-state index in [1.165, 1.54) is 30.2 Å².